The molecule has 0 atom stereocenters. The molecule has 146 valence electrons. The van der Waals surface area contributed by atoms with Crippen molar-refractivity contribution in [2.75, 3.05) is 0 Å². The smallest absolute Gasteiger partial charge is 0.171 e. The zero-order chi connectivity index (χ0) is 18.0. The summed E-state index contributed by atoms with van der Waals surface area (Å²) < 4.78 is 38.3. The SMILES string of the molecule is FC(F)(F)CCB1CCCCCCCCCCC2CCCC1CCC2. The molecule has 3 fully saturated rings. The molecule has 0 aromatic carbocycles. The van der Waals surface area contributed by atoms with E-state index >= 15 is 0 Å². The summed E-state index contributed by atoms with van der Waals surface area (Å²) in [6, 6.07) is 0. The van der Waals surface area contributed by atoms with Crippen molar-refractivity contribution in [2.45, 2.75) is 127 Å². The van der Waals surface area contributed by atoms with Crippen molar-refractivity contribution < 1.29 is 13.2 Å². The first kappa shape index (κ1) is 21.2. The number of fused-ring (bicyclic) bond motifs is 14. The molecule has 0 aromatic heterocycles. The van der Waals surface area contributed by atoms with Gasteiger partial charge in [-0.1, -0.05) is 115 Å². The van der Waals surface area contributed by atoms with E-state index in [2.05, 4.69) is 0 Å². The van der Waals surface area contributed by atoms with Gasteiger partial charge in [-0.2, -0.15) is 13.2 Å². The second-order valence-corrected chi connectivity index (χ2v) is 8.81. The summed E-state index contributed by atoms with van der Waals surface area (Å²) in [6.45, 7) is 0.311. The third-order valence-corrected chi connectivity index (χ3v) is 6.78. The van der Waals surface area contributed by atoms with Crippen LogP contribution in [-0.2, 0) is 0 Å². The molecule has 0 radical (unpaired) electrons. The van der Waals surface area contributed by atoms with Crippen LogP contribution in [0.4, 0.5) is 13.2 Å². The fourth-order valence-corrected chi connectivity index (χ4v) is 5.25. The summed E-state index contributed by atoms with van der Waals surface area (Å²) >= 11 is 0. The minimum absolute atomic E-state index is 0.311. The molecule has 1 aliphatic carbocycles. The van der Waals surface area contributed by atoms with Gasteiger partial charge in [-0.25, -0.2) is 0 Å². The molecule has 0 aromatic rings. The first-order valence-corrected chi connectivity index (χ1v) is 11.1. The van der Waals surface area contributed by atoms with Crippen molar-refractivity contribution in [2.24, 2.45) is 5.92 Å². The molecule has 0 N–H and O–H groups in total. The van der Waals surface area contributed by atoms with Gasteiger partial charge in [-0.15, -0.1) is 0 Å². The summed E-state index contributed by atoms with van der Waals surface area (Å²) in [7, 11) is 0. The highest BCUT2D eigenvalue weighted by atomic mass is 19.4. The lowest BCUT2D eigenvalue weighted by molar-refractivity contribution is -0.130. The van der Waals surface area contributed by atoms with E-state index in [1.165, 1.54) is 89.9 Å². The van der Waals surface area contributed by atoms with Gasteiger partial charge in [0.05, 0.1) is 0 Å². The predicted molar refractivity (Wildman–Crippen MR) is 103 cm³/mol. The molecule has 3 aliphatic rings. The highest BCUT2D eigenvalue weighted by Crippen LogP contribution is 2.38. The standard InChI is InChI=1S/C21H38BF3/c23-21(24,25)16-18-22-17-8-6-4-2-1-3-5-7-11-19-12-9-14-20(22)15-10-13-19/h19-20H,1-18H2. The largest absolute Gasteiger partial charge is 0.388 e. The zero-order valence-electron chi connectivity index (χ0n) is 16.1. The summed E-state index contributed by atoms with van der Waals surface area (Å²) in [5, 5.41) is 0. The molecule has 2 aliphatic heterocycles. The van der Waals surface area contributed by atoms with E-state index in [9.17, 15) is 13.2 Å². The average molecular weight is 358 g/mol. The van der Waals surface area contributed by atoms with Crippen LogP contribution in [0.25, 0.3) is 0 Å². The number of alkyl halides is 3. The van der Waals surface area contributed by atoms with E-state index in [4.69, 9.17) is 0 Å². The van der Waals surface area contributed by atoms with Crippen LogP contribution in [0.3, 0.4) is 0 Å². The van der Waals surface area contributed by atoms with Crippen LogP contribution in [0.5, 0.6) is 0 Å². The average Bonchev–Trinajstić information content (AvgIpc) is 2.52. The van der Waals surface area contributed by atoms with Crippen LogP contribution in [0.15, 0.2) is 0 Å². The van der Waals surface area contributed by atoms with E-state index in [0.29, 0.717) is 18.9 Å². The number of hydrogen-bond donors (Lipinski definition) is 0. The van der Waals surface area contributed by atoms with Gasteiger partial charge in [-0.3, -0.25) is 0 Å². The normalized spacial score (nSPS) is 28.7. The minimum atomic E-state index is -3.98. The molecule has 3 rings (SSSR count). The Morgan fingerprint density at radius 3 is 1.76 bits per heavy atom. The van der Waals surface area contributed by atoms with Crippen molar-refractivity contribution in [3.05, 3.63) is 0 Å². The lowest BCUT2D eigenvalue weighted by atomic mass is 9.34. The highest BCUT2D eigenvalue weighted by Gasteiger charge is 2.33. The van der Waals surface area contributed by atoms with E-state index in [1.807, 2.05) is 0 Å². The maximum Gasteiger partial charge on any atom is 0.388 e. The lowest BCUT2D eigenvalue weighted by Gasteiger charge is -2.29. The summed E-state index contributed by atoms with van der Waals surface area (Å²) in [5.41, 5.74) is 0. The van der Waals surface area contributed by atoms with Gasteiger partial charge in [0.1, 0.15) is 6.71 Å². The predicted octanol–water partition coefficient (Wildman–Crippen LogP) is 8.30. The fourth-order valence-electron chi connectivity index (χ4n) is 5.25. The van der Waals surface area contributed by atoms with Gasteiger partial charge in [-0.05, 0) is 5.92 Å². The Morgan fingerprint density at radius 2 is 1.16 bits per heavy atom. The second-order valence-electron chi connectivity index (χ2n) is 8.81. The Morgan fingerprint density at radius 1 is 0.640 bits per heavy atom. The second kappa shape index (κ2) is 11.5. The molecular formula is C21H38BF3. The van der Waals surface area contributed by atoms with Gasteiger partial charge in [0.25, 0.3) is 0 Å². The Balaban J connectivity index is 1.92. The number of hydrogen-bond acceptors (Lipinski definition) is 0. The van der Waals surface area contributed by atoms with Crippen LogP contribution in [0.2, 0.25) is 18.5 Å². The van der Waals surface area contributed by atoms with Crippen molar-refractivity contribution in [1.29, 1.82) is 0 Å². The van der Waals surface area contributed by atoms with Crippen molar-refractivity contribution in [3.8, 4) is 0 Å². The van der Waals surface area contributed by atoms with Crippen LogP contribution < -0.4 is 0 Å². The maximum absolute atomic E-state index is 12.8. The highest BCUT2D eigenvalue weighted by molar-refractivity contribution is 6.60. The third-order valence-electron chi connectivity index (χ3n) is 6.78. The minimum Gasteiger partial charge on any atom is -0.171 e. The van der Waals surface area contributed by atoms with Crippen LogP contribution >= 0.6 is 0 Å². The molecule has 0 unspecified atom stereocenters. The number of halogens is 3. The van der Waals surface area contributed by atoms with Gasteiger partial charge < -0.3 is 0 Å². The van der Waals surface area contributed by atoms with Crippen molar-refractivity contribution in [3.63, 3.8) is 0 Å². The monoisotopic (exact) mass is 358 g/mol. The Labute approximate surface area is 153 Å². The van der Waals surface area contributed by atoms with Gasteiger partial charge in [0.15, 0.2) is 0 Å². The first-order chi connectivity index (χ1) is 12.0. The first-order valence-electron chi connectivity index (χ1n) is 11.1. The van der Waals surface area contributed by atoms with Crippen molar-refractivity contribution >= 4 is 6.71 Å². The molecule has 0 amide bonds. The van der Waals surface area contributed by atoms with Crippen LogP contribution in [0, 0.1) is 5.92 Å². The van der Waals surface area contributed by atoms with Crippen LogP contribution in [-0.4, -0.2) is 12.9 Å². The van der Waals surface area contributed by atoms with Gasteiger partial charge in [0.2, 0.25) is 0 Å². The molecule has 4 heteroatoms. The van der Waals surface area contributed by atoms with Crippen molar-refractivity contribution in [1.82, 2.24) is 0 Å². The molecule has 2 heterocycles. The zero-order valence-corrected chi connectivity index (χ0v) is 16.1. The van der Waals surface area contributed by atoms with E-state index < -0.39 is 12.6 Å². The fraction of sp³-hybridized carbons (Fsp3) is 1.00. The van der Waals surface area contributed by atoms with E-state index in [1.54, 1.807) is 0 Å². The van der Waals surface area contributed by atoms with E-state index in [-0.39, 0.29) is 0 Å². The van der Waals surface area contributed by atoms with Crippen LogP contribution in [0.1, 0.15) is 103 Å². The molecule has 0 nitrogen and oxygen atoms in total. The Bertz CT molecular complexity index is 333. The quantitative estimate of drug-likeness (QED) is 0.435. The molecule has 0 spiro atoms. The topological polar surface area (TPSA) is 0 Å². The molecular weight excluding hydrogens is 320 g/mol. The molecule has 25 heavy (non-hydrogen) atoms. The molecule has 2 bridgehead atoms. The van der Waals surface area contributed by atoms with Gasteiger partial charge >= 0.3 is 6.18 Å². The molecule has 1 saturated carbocycles. The Kier molecular flexibility index (Phi) is 9.77. The Hall–Kier alpha value is -0.145. The van der Waals surface area contributed by atoms with E-state index in [0.717, 1.165) is 18.7 Å². The summed E-state index contributed by atoms with van der Waals surface area (Å²) in [5.74, 6) is 1.44. The third kappa shape index (κ3) is 9.38. The molecule has 2 saturated heterocycles. The van der Waals surface area contributed by atoms with Gasteiger partial charge in [0, 0.05) is 6.42 Å². The summed E-state index contributed by atoms with van der Waals surface area (Å²) in [4.78, 5) is 0. The summed E-state index contributed by atoms with van der Waals surface area (Å²) in [6.07, 6.45) is 16.2. The number of rotatable bonds is 2. The maximum atomic E-state index is 12.8. The lowest BCUT2D eigenvalue weighted by Crippen LogP contribution is -2.25.